The van der Waals surface area contributed by atoms with Gasteiger partial charge in [-0.15, -0.1) is 0 Å². The van der Waals surface area contributed by atoms with Crippen molar-refractivity contribution in [2.75, 3.05) is 10.8 Å². The molecule has 0 amide bonds. The molecule has 2 aromatic carbocycles. The average Bonchev–Trinajstić information content (AvgIpc) is 2.49. The van der Waals surface area contributed by atoms with Crippen LogP contribution in [0.2, 0.25) is 0 Å². The fourth-order valence-electron chi connectivity index (χ4n) is 2.02. The maximum absolute atomic E-state index is 12.5. The van der Waals surface area contributed by atoms with E-state index in [2.05, 4.69) is 0 Å². The van der Waals surface area contributed by atoms with Gasteiger partial charge in [-0.05, 0) is 37.6 Å². The standard InChI is InChI=1S/C17H19NO2S/c1-3-18(17-11-9-15(2)10-12-17)21(19,20)14-13-16-7-5-4-6-8-16/h4-14H,3H2,1-2H3. The van der Waals surface area contributed by atoms with Crippen molar-refractivity contribution >= 4 is 21.8 Å². The Kier molecular flexibility index (Phi) is 4.81. The Balaban J connectivity index is 2.28. The first-order valence-corrected chi connectivity index (χ1v) is 8.36. The van der Waals surface area contributed by atoms with Gasteiger partial charge in [0.2, 0.25) is 0 Å². The van der Waals surface area contributed by atoms with Gasteiger partial charge in [0.15, 0.2) is 0 Å². The molecule has 2 rings (SSSR count). The summed E-state index contributed by atoms with van der Waals surface area (Å²) in [5.74, 6) is 0. The van der Waals surface area contributed by atoms with Crippen LogP contribution in [0, 0.1) is 6.92 Å². The molecule has 0 radical (unpaired) electrons. The zero-order valence-corrected chi connectivity index (χ0v) is 13.0. The van der Waals surface area contributed by atoms with Gasteiger partial charge in [0, 0.05) is 6.54 Å². The molecule has 0 saturated heterocycles. The van der Waals surface area contributed by atoms with Gasteiger partial charge in [0.05, 0.1) is 11.1 Å². The molecule has 0 aliphatic carbocycles. The molecule has 21 heavy (non-hydrogen) atoms. The summed E-state index contributed by atoms with van der Waals surface area (Å²) >= 11 is 0. The lowest BCUT2D eigenvalue weighted by molar-refractivity contribution is 0.601. The predicted molar refractivity (Wildman–Crippen MR) is 88.6 cm³/mol. The van der Waals surface area contributed by atoms with E-state index in [1.54, 1.807) is 6.08 Å². The highest BCUT2D eigenvalue weighted by Gasteiger charge is 2.17. The Morgan fingerprint density at radius 3 is 2.19 bits per heavy atom. The van der Waals surface area contributed by atoms with Crippen LogP contribution in [0.1, 0.15) is 18.1 Å². The van der Waals surface area contributed by atoms with Crippen LogP contribution in [-0.2, 0) is 10.0 Å². The molecule has 3 nitrogen and oxygen atoms in total. The third-order valence-corrected chi connectivity index (χ3v) is 4.71. The van der Waals surface area contributed by atoms with Crippen molar-refractivity contribution in [2.45, 2.75) is 13.8 Å². The van der Waals surface area contributed by atoms with E-state index < -0.39 is 10.0 Å². The first-order valence-electron chi connectivity index (χ1n) is 6.85. The summed E-state index contributed by atoms with van der Waals surface area (Å²) in [7, 11) is -3.48. The topological polar surface area (TPSA) is 37.4 Å². The first-order chi connectivity index (χ1) is 10.0. The van der Waals surface area contributed by atoms with Crippen molar-refractivity contribution in [1.29, 1.82) is 0 Å². The van der Waals surface area contributed by atoms with Crippen molar-refractivity contribution in [3.8, 4) is 0 Å². The van der Waals surface area contributed by atoms with E-state index in [4.69, 9.17) is 0 Å². The molecule has 0 aliphatic rings. The smallest absolute Gasteiger partial charge is 0.257 e. The van der Waals surface area contributed by atoms with Gasteiger partial charge in [-0.1, -0.05) is 48.0 Å². The number of anilines is 1. The minimum absolute atomic E-state index is 0.393. The quantitative estimate of drug-likeness (QED) is 0.842. The maximum atomic E-state index is 12.5. The summed E-state index contributed by atoms with van der Waals surface area (Å²) in [6.07, 6.45) is 1.62. The molecule has 2 aromatic rings. The Bertz CT molecular complexity index is 704. The highest BCUT2D eigenvalue weighted by atomic mass is 32.2. The molecular weight excluding hydrogens is 282 g/mol. The third kappa shape index (κ3) is 3.95. The van der Waals surface area contributed by atoms with Crippen molar-refractivity contribution < 1.29 is 8.42 Å². The minimum Gasteiger partial charge on any atom is -0.267 e. The van der Waals surface area contributed by atoms with E-state index in [1.807, 2.05) is 68.4 Å². The lowest BCUT2D eigenvalue weighted by atomic mass is 10.2. The Labute approximate surface area is 126 Å². The Morgan fingerprint density at radius 1 is 1.00 bits per heavy atom. The predicted octanol–water partition coefficient (Wildman–Crippen LogP) is 3.82. The number of hydrogen-bond acceptors (Lipinski definition) is 2. The normalized spacial score (nSPS) is 11.7. The Morgan fingerprint density at radius 2 is 1.62 bits per heavy atom. The van der Waals surface area contributed by atoms with Crippen molar-refractivity contribution in [2.24, 2.45) is 0 Å². The van der Waals surface area contributed by atoms with E-state index in [9.17, 15) is 8.42 Å². The molecule has 0 atom stereocenters. The summed E-state index contributed by atoms with van der Waals surface area (Å²) in [6.45, 7) is 4.20. The van der Waals surface area contributed by atoms with Gasteiger partial charge >= 0.3 is 0 Å². The van der Waals surface area contributed by atoms with Crippen LogP contribution in [0.25, 0.3) is 6.08 Å². The first kappa shape index (κ1) is 15.3. The fraction of sp³-hybridized carbons (Fsp3) is 0.176. The second-order valence-corrected chi connectivity index (χ2v) is 6.50. The van der Waals surface area contributed by atoms with Gasteiger partial charge in [0.1, 0.15) is 0 Å². The largest absolute Gasteiger partial charge is 0.267 e. The lowest BCUT2D eigenvalue weighted by Gasteiger charge is -2.21. The SMILES string of the molecule is CCN(c1ccc(C)cc1)S(=O)(=O)C=Cc1ccccc1. The summed E-state index contributed by atoms with van der Waals surface area (Å²) in [5, 5.41) is 1.26. The van der Waals surface area contributed by atoms with E-state index >= 15 is 0 Å². The molecule has 0 aromatic heterocycles. The molecule has 110 valence electrons. The molecule has 0 heterocycles. The molecule has 4 heteroatoms. The highest BCUT2D eigenvalue weighted by molar-refractivity contribution is 7.95. The monoisotopic (exact) mass is 301 g/mol. The molecular formula is C17H19NO2S. The molecule has 0 spiro atoms. The summed E-state index contributed by atoms with van der Waals surface area (Å²) < 4.78 is 26.3. The van der Waals surface area contributed by atoms with Crippen LogP contribution >= 0.6 is 0 Å². The van der Waals surface area contributed by atoms with Gasteiger partial charge in [-0.3, -0.25) is 4.31 Å². The Hall–Kier alpha value is -2.07. The van der Waals surface area contributed by atoms with E-state index in [-0.39, 0.29) is 0 Å². The van der Waals surface area contributed by atoms with Gasteiger partial charge in [-0.25, -0.2) is 8.42 Å². The number of hydrogen-bond donors (Lipinski definition) is 0. The zero-order valence-electron chi connectivity index (χ0n) is 12.2. The number of rotatable bonds is 5. The van der Waals surface area contributed by atoms with E-state index in [1.165, 1.54) is 9.71 Å². The third-order valence-electron chi connectivity index (χ3n) is 3.15. The lowest BCUT2D eigenvalue weighted by Crippen LogP contribution is -2.28. The van der Waals surface area contributed by atoms with Crippen molar-refractivity contribution in [3.63, 3.8) is 0 Å². The maximum Gasteiger partial charge on any atom is 0.257 e. The fourth-order valence-corrected chi connectivity index (χ4v) is 3.27. The molecule has 0 bridgehead atoms. The van der Waals surface area contributed by atoms with Gasteiger partial charge in [0.25, 0.3) is 10.0 Å². The number of aryl methyl sites for hydroxylation is 1. The molecule has 0 aliphatic heterocycles. The van der Waals surface area contributed by atoms with Crippen LogP contribution in [0.15, 0.2) is 60.0 Å². The summed E-state index contributed by atoms with van der Waals surface area (Å²) in [4.78, 5) is 0. The van der Waals surface area contributed by atoms with Crippen LogP contribution < -0.4 is 4.31 Å². The summed E-state index contributed by atoms with van der Waals surface area (Å²) in [5.41, 5.74) is 2.65. The second-order valence-electron chi connectivity index (χ2n) is 4.76. The van der Waals surface area contributed by atoms with Gasteiger partial charge < -0.3 is 0 Å². The molecule has 0 fully saturated rings. The van der Waals surface area contributed by atoms with E-state index in [0.717, 1.165) is 11.1 Å². The summed E-state index contributed by atoms with van der Waals surface area (Å²) in [6, 6.07) is 16.9. The van der Waals surface area contributed by atoms with Crippen molar-refractivity contribution in [3.05, 3.63) is 71.1 Å². The van der Waals surface area contributed by atoms with Crippen LogP contribution in [0.4, 0.5) is 5.69 Å². The van der Waals surface area contributed by atoms with Gasteiger partial charge in [-0.2, -0.15) is 0 Å². The zero-order chi connectivity index (χ0) is 15.3. The minimum atomic E-state index is -3.48. The highest BCUT2D eigenvalue weighted by Crippen LogP contribution is 2.20. The molecule has 0 saturated carbocycles. The van der Waals surface area contributed by atoms with E-state index in [0.29, 0.717) is 12.2 Å². The number of nitrogens with zero attached hydrogens (tertiary/aromatic N) is 1. The van der Waals surface area contributed by atoms with Crippen molar-refractivity contribution in [1.82, 2.24) is 0 Å². The number of benzene rings is 2. The molecule has 0 N–H and O–H groups in total. The average molecular weight is 301 g/mol. The molecule has 0 unspecified atom stereocenters. The second kappa shape index (κ2) is 6.59. The van der Waals surface area contributed by atoms with Crippen LogP contribution in [-0.4, -0.2) is 15.0 Å². The van der Waals surface area contributed by atoms with Crippen LogP contribution in [0.5, 0.6) is 0 Å². The van der Waals surface area contributed by atoms with Crippen LogP contribution in [0.3, 0.4) is 0 Å². The number of sulfonamides is 1.